The molecular weight excluding hydrogens is 521 g/mol. The van der Waals surface area contributed by atoms with Gasteiger partial charge < -0.3 is 10.6 Å². The van der Waals surface area contributed by atoms with Crippen molar-refractivity contribution in [1.29, 1.82) is 0 Å². The molecule has 188 valence electrons. The molecule has 10 nitrogen and oxygen atoms in total. The van der Waals surface area contributed by atoms with Crippen LogP contribution in [0.1, 0.15) is 50.5 Å². The van der Waals surface area contributed by atoms with Crippen LogP contribution in [0, 0.1) is 17.0 Å². The lowest BCUT2D eigenvalue weighted by atomic mass is 10.0. The highest BCUT2D eigenvalue weighted by molar-refractivity contribution is 7.90. The van der Waals surface area contributed by atoms with E-state index in [1.54, 1.807) is 13.0 Å². The first kappa shape index (κ1) is 28.2. The normalized spacial score (nSPS) is 11.7. The Bertz CT molecular complexity index is 1310. The predicted octanol–water partition coefficient (Wildman–Crippen LogP) is 3.69. The SMILES string of the molecule is Cc1ccc(C(=O)C(Cl)Cl)cc1NC(=O)c1cccc([N+](=O)[O-])c1C(=O)NC(C)(C)CS(C)(=O)=O. The molecule has 13 heteroatoms. The fraction of sp³-hybridized carbons (Fsp3) is 0.318. The van der Waals surface area contributed by atoms with Crippen LogP contribution in [-0.2, 0) is 9.84 Å². The summed E-state index contributed by atoms with van der Waals surface area (Å²) in [6.45, 7) is 4.53. The number of nitro benzene ring substituents is 1. The molecule has 0 heterocycles. The molecule has 0 atom stereocenters. The number of alkyl halides is 2. The quantitative estimate of drug-likeness (QED) is 0.211. The van der Waals surface area contributed by atoms with E-state index in [0.29, 0.717) is 5.56 Å². The lowest BCUT2D eigenvalue weighted by Crippen LogP contribution is -2.48. The van der Waals surface area contributed by atoms with E-state index in [2.05, 4.69) is 10.6 Å². The topological polar surface area (TPSA) is 153 Å². The molecule has 0 bridgehead atoms. The predicted molar refractivity (Wildman–Crippen MR) is 133 cm³/mol. The first-order valence-corrected chi connectivity index (χ1v) is 13.0. The lowest BCUT2D eigenvalue weighted by Gasteiger charge is -2.25. The highest BCUT2D eigenvalue weighted by Gasteiger charge is 2.32. The number of rotatable bonds is 9. The fourth-order valence-electron chi connectivity index (χ4n) is 3.41. The van der Waals surface area contributed by atoms with Gasteiger partial charge >= 0.3 is 0 Å². The summed E-state index contributed by atoms with van der Waals surface area (Å²) in [5.41, 5.74) is -1.91. The zero-order valence-corrected chi connectivity index (χ0v) is 21.5. The molecule has 35 heavy (non-hydrogen) atoms. The van der Waals surface area contributed by atoms with Crippen molar-refractivity contribution in [3.8, 4) is 0 Å². The molecule has 0 saturated carbocycles. The number of sulfone groups is 1. The van der Waals surface area contributed by atoms with Crippen molar-refractivity contribution >= 4 is 62.0 Å². The van der Waals surface area contributed by atoms with Crippen molar-refractivity contribution in [2.75, 3.05) is 17.3 Å². The number of aryl methyl sites for hydroxylation is 1. The summed E-state index contributed by atoms with van der Waals surface area (Å²) in [5, 5.41) is 16.6. The Morgan fingerprint density at radius 2 is 1.74 bits per heavy atom. The maximum Gasteiger partial charge on any atom is 0.282 e. The maximum absolute atomic E-state index is 13.1. The third kappa shape index (κ3) is 7.48. The Morgan fingerprint density at radius 3 is 2.29 bits per heavy atom. The summed E-state index contributed by atoms with van der Waals surface area (Å²) in [6, 6.07) is 7.89. The molecular formula is C22H23Cl2N3O7S. The number of carbonyl (C=O) groups is 3. The molecule has 0 unspecified atom stereocenters. The van der Waals surface area contributed by atoms with E-state index in [1.165, 1.54) is 38.1 Å². The van der Waals surface area contributed by atoms with Crippen LogP contribution in [0.25, 0.3) is 0 Å². The average Bonchev–Trinajstić information content (AvgIpc) is 2.71. The van der Waals surface area contributed by atoms with Crippen LogP contribution in [-0.4, -0.2) is 53.3 Å². The van der Waals surface area contributed by atoms with Crippen molar-refractivity contribution in [3.63, 3.8) is 0 Å². The zero-order chi connectivity index (χ0) is 26.7. The number of nitro groups is 1. The van der Waals surface area contributed by atoms with Crippen LogP contribution in [0.4, 0.5) is 11.4 Å². The second-order valence-electron chi connectivity index (χ2n) is 8.51. The van der Waals surface area contributed by atoms with Gasteiger partial charge in [-0.2, -0.15) is 0 Å². The van der Waals surface area contributed by atoms with Crippen LogP contribution in [0.3, 0.4) is 0 Å². The molecule has 0 spiro atoms. The molecule has 2 amide bonds. The number of Topliss-reactive ketones (excluding diaryl/α,β-unsaturated/α-hetero) is 1. The molecule has 0 aromatic heterocycles. The fourth-order valence-corrected chi connectivity index (χ4v) is 5.04. The first-order valence-electron chi connectivity index (χ1n) is 10.0. The van der Waals surface area contributed by atoms with Gasteiger partial charge in [0.25, 0.3) is 17.5 Å². The van der Waals surface area contributed by atoms with Gasteiger partial charge in [0.2, 0.25) is 0 Å². The molecule has 2 rings (SSSR count). The van der Waals surface area contributed by atoms with Gasteiger partial charge in [0.1, 0.15) is 15.4 Å². The summed E-state index contributed by atoms with van der Waals surface area (Å²) < 4.78 is 23.4. The Balaban J connectivity index is 2.50. The van der Waals surface area contributed by atoms with Gasteiger partial charge in [0.15, 0.2) is 10.6 Å². The average molecular weight is 544 g/mol. The molecule has 0 aliphatic rings. The molecule has 0 fully saturated rings. The van der Waals surface area contributed by atoms with Gasteiger partial charge in [0.05, 0.1) is 16.2 Å². The minimum atomic E-state index is -3.50. The Kier molecular flexibility index (Phi) is 8.64. The van der Waals surface area contributed by atoms with Crippen molar-refractivity contribution in [1.82, 2.24) is 5.32 Å². The molecule has 2 N–H and O–H groups in total. The number of hydrogen-bond acceptors (Lipinski definition) is 7. The second kappa shape index (κ2) is 10.7. The van der Waals surface area contributed by atoms with Gasteiger partial charge in [-0.15, -0.1) is 0 Å². The van der Waals surface area contributed by atoms with Gasteiger partial charge in [-0.1, -0.05) is 41.4 Å². The third-order valence-corrected chi connectivity index (χ3v) is 6.40. The highest BCUT2D eigenvalue weighted by atomic mass is 35.5. The van der Waals surface area contributed by atoms with Crippen molar-refractivity contribution in [2.24, 2.45) is 0 Å². The summed E-state index contributed by atoms with van der Waals surface area (Å²) in [6.07, 6.45) is 0.989. The smallest absolute Gasteiger partial charge is 0.282 e. The molecule has 0 saturated heterocycles. The summed E-state index contributed by atoms with van der Waals surface area (Å²) in [7, 11) is -3.50. The summed E-state index contributed by atoms with van der Waals surface area (Å²) in [4.78, 5) is 47.8. The van der Waals surface area contributed by atoms with Crippen LogP contribution in [0.2, 0.25) is 0 Å². The number of amides is 2. The van der Waals surface area contributed by atoms with Crippen molar-refractivity contribution in [2.45, 2.75) is 31.1 Å². The van der Waals surface area contributed by atoms with E-state index in [0.717, 1.165) is 12.3 Å². The Labute approximate surface area is 212 Å². The number of halogens is 2. The third-order valence-electron chi connectivity index (χ3n) is 4.75. The van der Waals surface area contributed by atoms with Crippen LogP contribution < -0.4 is 10.6 Å². The Hall–Kier alpha value is -3.02. The number of ketones is 1. The number of hydrogen-bond donors (Lipinski definition) is 2. The van der Waals surface area contributed by atoms with E-state index >= 15 is 0 Å². The standard InChI is InChI=1S/C22H23Cl2N3O7S/c1-12-8-9-13(18(28)19(23)24)10-15(12)25-20(29)14-6-5-7-16(27(31)32)17(14)21(30)26-22(2,3)11-35(4,33)34/h5-10,19H,11H2,1-4H3,(H,25,29)(H,26,30). The van der Waals surface area contributed by atoms with Gasteiger partial charge in [-0.25, -0.2) is 8.42 Å². The second-order valence-corrected chi connectivity index (χ2v) is 11.8. The molecule has 2 aromatic rings. The number of anilines is 1. The van der Waals surface area contributed by atoms with Gasteiger partial charge in [-0.3, -0.25) is 24.5 Å². The van der Waals surface area contributed by atoms with Crippen molar-refractivity contribution < 1.29 is 27.7 Å². The van der Waals surface area contributed by atoms with E-state index in [-0.39, 0.29) is 16.8 Å². The maximum atomic E-state index is 13.1. The molecule has 0 radical (unpaired) electrons. The molecule has 0 aliphatic carbocycles. The minimum Gasteiger partial charge on any atom is -0.346 e. The zero-order valence-electron chi connectivity index (χ0n) is 19.2. The van der Waals surface area contributed by atoms with Crippen molar-refractivity contribution in [3.05, 3.63) is 68.8 Å². The summed E-state index contributed by atoms with van der Waals surface area (Å²) >= 11 is 11.3. The first-order chi connectivity index (χ1) is 16.0. The van der Waals surface area contributed by atoms with Gasteiger partial charge in [-0.05, 0) is 38.5 Å². The van der Waals surface area contributed by atoms with E-state index in [4.69, 9.17) is 23.2 Å². The number of carbonyl (C=O) groups excluding carboxylic acids is 3. The van der Waals surface area contributed by atoms with Gasteiger partial charge in [0, 0.05) is 29.1 Å². The van der Waals surface area contributed by atoms with Crippen LogP contribution in [0.15, 0.2) is 36.4 Å². The Morgan fingerprint density at radius 1 is 1.11 bits per heavy atom. The number of benzene rings is 2. The van der Waals surface area contributed by atoms with E-state index in [1.807, 2.05) is 0 Å². The highest BCUT2D eigenvalue weighted by Crippen LogP contribution is 2.26. The number of nitrogens with zero attached hydrogens (tertiary/aromatic N) is 1. The van der Waals surface area contributed by atoms with Crippen LogP contribution >= 0.6 is 23.2 Å². The number of nitrogens with one attached hydrogen (secondary N) is 2. The monoisotopic (exact) mass is 543 g/mol. The molecule has 0 aliphatic heterocycles. The lowest BCUT2D eigenvalue weighted by molar-refractivity contribution is -0.385. The summed E-state index contributed by atoms with van der Waals surface area (Å²) in [5.74, 6) is -2.88. The largest absolute Gasteiger partial charge is 0.346 e. The van der Waals surface area contributed by atoms with E-state index in [9.17, 15) is 32.9 Å². The molecule has 2 aromatic carbocycles. The minimum absolute atomic E-state index is 0.125. The van der Waals surface area contributed by atoms with E-state index < -0.39 is 59.7 Å². The van der Waals surface area contributed by atoms with Crippen LogP contribution in [0.5, 0.6) is 0 Å².